The lowest BCUT2D eigenvalue weighted by Gasteiger charge is -2.15. The molecule has 0 spiro atoms. The van der Waals surface area contributed by atoms with Crippen molar-refractivity contribution in [2.75, 3.05) is 10.6 Å². The van der Waals surface area contributed by atoms with Gasteiger partial charge in [0.25, 0.3) is 5.56 Å². The van der Waals surface area contributed by atoms with Crippen LogP contribution in [0.25, 0.3) is 0 Å². The zero-order valence-corrected chi connectivity index (χ0v) is 17.6. The topological polar surface area (TPSA) is 76.0 Å². The summed E-state index contributed by atoms with van der Waals surface area (Å²) in [4.78, 5) is 29.2. The number of amides is 1. The van der Waals surface area contributed by atoms with Gasteiger partial charge in [-0.05, 0) is 55.8 Å². The minimum atomic E-state index is -4.69. The van der Waals surface area contributed by atoms with Crippen LogP contribution in [0.4, 0.5) is 34.9 Å². The summed E-state index contributed by atoms with van der Waals surface area (Å²) < 4.78 is 53.6. The first-order valence-electron chi connectivity index (χ1n) is 9.22. The Hall–Kier alpha value is -3.40. The van der Waals surface area contributed by atoms with Crippen LogP contribution >= 0.6 is 11.6 Å². The van der Waals surface area contributed by atoms with E-state index >= 15 is 0 Å². The van der Waals surface area contributed by atoms with Crippen molar-refractivity contribution in [2.45, 2.75) is 26.6 Å². The highest BCUT2D eigenvalue weighted by molar-refractivity contribution is 6.31. The summed E-state index contributed by atoms with van der Waals surface area (Å²) in [7, 11) is 0. The van der Waals surface area contributed by atoms with Gasteiger partial charge in [-0.15, -0.1) is 0 Å². The van der Waals surface area contributed by atoms with E-state index < -0.39 is 40.6 Å². The number of aryl methyl sites for hydroxylation is 2. The monoisotopic (exact) mass is 468 g/mol. The van der Waals surface area contributed by atoms with Crippen LogP contribution in [0.3, 0.4) is 0 Å². The number of carbonyl (C=O) groups excluding carboxylic acids is 1. The van der Waals surface area contributed by atoms with E-state index in [2.05, 4.69) is 15.6 Å². The molecule has 0 aliphatic rings. The van der Waals surface area contributed by atoms with Crippen LogP contribution < -0.4 is 16.2 Å². The van der Waals surface area contributed by atoms with E-state index in [4.69, 9.17) is 11.6 Å². The van der Waals surface area contributed by atoms with Crippen LogP contribution in [-0.2, 0) is 17.5 Å². The summed E-state index contributed by atoms with van der Waals surface area (Å²) in [5.41, 5.74) is -0.620. The summed E-state index contributed by atoms with van der Waals surface area (Å²) in [6, 6.07) is 8.32. The lowest BCUT2D eigenvalue weighted by Crippen LogP contribution is -2.30. The second-order valence-electron chi connectivity index (χ2n) is 6.98. The largest absolute Gasteiger partial charge is 0.417 e. The van der Waals surface area contributed by atoms with Gasteiger partial charge in [0.15, 0.2) is 0 Å². The fourth-order valence-electron chi connectivity index (χ4n) is 2.88. The molecule has 2 N–H and O–H groups in total. The van der Waals surface area contributed by atoms with Gasteiger partial charge in [-0.2, -0.15) is 13.2 Å². The molecule has 0 saturated carbocycles. The maximum atomic E-state index is 13.5. The molecule has 6 nitrogen and oxygen atoms in total. The van der Waals surface area contributed by atoms with Crippen LogP contribution in [0, 0.1) is 19.7 Å². The quantitative estimate of drug-likeness (QED) is 0.514. The second-order valence-corrected chi connectivity index (χ2v) is 7.38. The number of carbonyl (C=O) groups is 1. The fourth-order valence-corrected chi connectivity index (χ4v) is 3.11. The number of benzene rings is 2. The van der Waals surface area contributed by atoms with Crippen LogP contribution in [0.1, 0.15) is 16.8 Å². The average molecular weight is 469 g/mol. The van der Waals surface area contributed by atoms with Crippen molar-refractivity contribution < 1.29 is 22.4 Å². The molecule has 168 valence electrons. The third-order valence-electron chi connectivity index (χ3n) is 4.41. The SMILES string of the molecule is Cc1cc(=O)n(CC(=O)Nc2ccc(Cl)c(C(F)(F)F)c2)c(Nc2ccc(F)c(C)c2)n1. The summed E-state index contributed by atoms with van der Waals surface area (Å²) in [5.74, 6) is -1.15. The molecule has 0 aliphatic carbocycles. The van der Waals surface area contributed by atoms with Crippen molar-refractivity contribution in [2.24, 2.45) is 0 Å². The zero-order chi connectivity index (χ0) is 23.6. The van der Waals surface area contributed by atoms with Crippen LogP contribution in [0.15, 0.2) is 47.3 Å². The Bertz CT molecular complexity index is 1240. The summed E-state index contributed by atoms with van der Waals surface area (Å²) in [6.45, 7) is 2.61. The fraction of sp³-hybridized carbons (Fsp3) is 0.190. The first kappa shape index (κ1) is 23.3. The van der Waals surface area contributed by atoms with E-state index in [0.29, 0.717) is 23.0 Å². The summed E-state index contributed by atoms with van der Waals surface area (Å²) in [5, 5.41) is 4.68. The minimum Gasteiger partial charge on any atom is -0.326 e. The number of anilines is 3. The number of halogens is 5. The molecule has 2 aromatic carbocycles. The van der Waals surface area contributed by atoms with Gasteiger partial charge in [0.2, 0.25) is 11.9 Å². The molecule has 1 aromatic heterocycles. The van der Waals surface area contributed by atoms with E-state index in [-0.39, 0.29) is 11.6 Å². The van der Waals surface area contributed by atoms with Crippen LogP contribution in [0.2, 0.25) is 5.02 Å². The first-order chi connectivity index (χ1) is 14.9. The van der Waals surface area contributed by atoms with Crippen molar-refractivity contribution >= 4 is 34.8 Å². The van der Waals surface area contributed by atoms with Crippen molar-refractivity contribution in [3.05, 3.63) is 80.5 Å². The van der Waals surface area contributed by atoms with Gasteiger partial charge < -0.3 is 10.6 Å². The number of hydrogen-bond acceptors (Lipinski definition) is 4. The Labute approximate surface area is 184 Å². The second kappa shape index (κ2) is 8.99. The highest BCUT2D eigenvalue weighted by atomic mass is 35.5. The van der Waals surface area contributed by atoms with E-state index in [1.54, 1.807) is 13.8 Å². The zero-order valence-electron chi connectivity index (χ0n) is 16.8. The number of rotatable bonds is 5. The molecule has 1 heterocycles. The van der Waals surface area contributed by atoms with E-state index in [1.807, 2.05) is 0 Å². The molecule has 1 amide bonds. The Morgan fingerprint density at radius 1 is 1.09 bits per heavy atom. The average Bonchev–Trinajstić information content (AvgIpc) is 2.68. The molecule has 3 aromatic rings. The molecule has 0 radical (unpaired) electrons. The standard InChI is InChI=1S/C21H17ClF4N4O2/c1-11-7-13(4-6-17(11)23)29-20-27-12(2)8-19(32)30(20)10-18(31)28-14-3-5-16(22)15(9-14)21(24,25)26/h3-9H,10H2,1-2H3,(H,27,29)(H,28,31). The lowest BCUT2D eigenvalue weighted by atomic mass is 10.2. The van der Waals surface area contributed by atoms with Crippen molar-refractivity contribution in [3.63, 3.8) is 0 Å². The predicted molar refractivity (Wildman–Crippen MR) is 113 cm³/mol. The number of alkyl halides is 3. The maximum absolute atomic E-state index is 13.5. The normalized spacial score (nSPS) is 11.3. The Balaban J connectivity index is 1.86. The van der Waals surface area contributed by atoms with Crippen LogP contribution in [0.5, 0.6) is 0 Å². The van der Waals surface area contributed by atoms with Gasteiger partial charge in [0.05, 0.1) is 10.6 Å². The molecule has 11 heteroatoms. The highest BCUT2D eigenvalue weighted by Crippen LogP contribution is 2.36. The molecule has 0 atom stereocenters. The van der Waals surface area contributed by atoms with Gasteiger partial charge in [0.1, 0.15) is 12.4 Å². The van der Waals surface area contributed by atoms with Gasteiger partial charge >= 0.3 is 6.18 Å². The summed E-state index contributed by atoms with van der Waals surface area (Å²) >= 11 is 5.58. The Morgan fingerprint density at radius 3 is 2.44 bits per heavy atom. The van der Waals surface area contributed by atoms with Crippen LogP contribution in [-0.4, -0.2) is 15.5 Å². The van der Waals surface area contributed by atoms with E-state index in [9.17, 15) is 27.2 Å². The molecular formula is C21H17ClF4N4O2. The molecule has 0 unspecified atom stereocenters. The van der Waals surface area contributed by atoms with Gasteiger partial charge in [-0.25, -0.2) is 9.37 Å². The van der Waals surface area contributed by atoms with Gasteiger partial charge in [-0.1, -0.05) is 11.6 Å². The maximum Gasteiger partial charge on any atom is 0.417 e. The number of aromatic nitrogens is 2. The highest BCUT2D eigenvalue weighted by Gasteiger charge is 2.33. The Kier molecular flexibility index (Phi) is 6.54. The van der Waals surface area contributed by atoms with Gasteiger partial charge in [-0.3, -0.25) is 14.2 Å². The molecule has 0 aliphatic heterocycles. The molecule has 0 saturated heterocycles. The molecule has 32 heavy (non-hydrogen) atoms. The Morgan fingerprint density at radius 2 is 1.78 bits per heavy atom. The smallest absolute Gasteiger partial charge is 0.326 e. The first-order valence-corrected chi connectivity index (χ1v) is 9.60. The number of hydrogen-bond donors (Lipinski definition) is 2. The number of nitrogens with zero attached hydrogens (tertiary/aromatic N) is 2. The third kappa shape index (κ3) is 5.44. The van der Waals surface area contributed by atoms with E-state index in [1.165, 1.54) is 30.3 Å². The molecule has 0 fully saturated rings. The van der Waals surface area contributed by atoms with Crippen molar-refractivity contribution in [1.82, 2.24) is 9.55 Å². The lowest BCUT2D eigenvalue weighted by molar-refractivity contribution is -0.137. The predicted octanol–water partition coefficient (Wildman–Crippen LogP) is 5.05. The third-order valence-corrected chi connectivity index (χ3v) is 4.74. The van der Waals surface area contributed by atoms with Gasteiger partial charge in [0, 0.05) is 23.1 Å². The van der Waals surface area contributed by atoms with Crippen molar-refractivity contribution in [3.8, 4) is 0 Å². The molecular weight excluding hydrogens is 452 g/mol. The molecule has 3 rings (SSSR count). The minimum absolute atomic E-state index is 0.0169. The van der Waals surface area contributed by atoms with E-state index in [0.717, 1.165) is 10.6 Å². The van der Waals surface area contributed by atoms with Crippen molar-refractivity contribution in [1.29, 1.82) is 0 Å². The summed E-state index contributed by atoms with van der Waals surface area (Å²) in [6.07, 6.45) is -4.69. The number of nitrogens with one attached hydrogen (secondary N) is 2. The molecule has 0 bridgehead atoms.